The van der Waals surface area contributed by atoms with Crippen LogP contribution < -0.4 is 10.5 Å². The van der Waals surface area contributed by atoms with E-state index in [1.807, 2.05) is 0 Å². The maximum Gasteiger partial charge on any atom is 0.254 e. The second kappa shape index (κ2) is 10.6. The molecule has 10 heteroatoms. The summed E-state index contributed by atoms with van der Waals surface area (Å²) in [5.74, 6) is -0.278. The number of nitrogens with zero attached hydrogens (tertiary/aromatic N) is 4. The molecule has 3 atom stereocenters. The highest BCUT2D eigenvalue weighted by molar-refractivity contribution is 5.97. The Balaban J connectivity index is 1.60. The lowest BCUT2D eigenvalue weighted by Gasteiger charge is -2.31. The molecule has 2 saturated heterocycles. The van der Waals surface area contributed by atoms with Gasteiger partial charge in [-0.25, -0.2) is 0 Å². The predicted molar refractivity (Wildman–Crippen MR) is 129 cm³/mol. The fourth-order valence-corrected chi connectivity index (χ4v) is 5.11. The van der Waals surface area contributed by atoms with Crippen LogP contribution in [-0.2, 0) is 14.4 Å². The molecule has 4 amide bonds. The summed E-state index contributed by atoms with van der Waals surface area (Å²) in [5.41, 5.74) is 6.56. The van der Waals surface area contributed by atoms with Crippen molar-refractivity contribution in [1.29, 1.82) is 0 Å². The average molecular weight is 486 g/mol. The maximum absolute atomic E-state index is 13.3. The topological polar surface area (TPSA) is 116 Å². The van der Waals surface area contributed by atoms with E-state index in [-0.39, 0.29) is 61.7 Å². The molecule has 4 aliphatic heterocycles. The van der Waals surface area contributed by atoms with Gasteiger partial charge in [-0.05, 0) is 49.9 Å². The first-order valence-corrected chi connectivity index (χ1v) is 12.3. The lowest BCUT2D eigenvalue weighted by Crippen LogP contribution is -2.49. The SMILES string of the molecule is CN1CC(=O)N2C[C@H](N)C[C@H]2COc2ccc(cc2)C(=O)N(C)[C@H](C(=O)N2CCCC2)CCC1=O. The second-order valence-corrected chi connectivity index (χ2v) is 9.78. The number of amides is 4. The summed E-state index contributed by atoms with van der Waals surface area (Å²) >= 11 is 0. The zero-order valence-corrected chi connectivity index (χ0v) is 20.5. The van der Waals surface area contributed by atoms with Gasteiger partial charge in [0.25, 0.3) is 5.91 Å². The van der Waals surface area contributed by atoms with Crippen LogP contribution in [0.2, 0.25) is 0 Å². The Kier molecular flexibility index (Phi) is 7.59. The van der Waals surface area contributed by atoms with E-state index in [0.29, 0.717) is 37.4 Å². The van der Waals surface area contributed by atoms with Crippen molar-refractivity contribution in [3.63, 3.8) is 0 Å². The molecule has 2 bridgehead atoms. The fourth-order valence-electron chi connectivity index (χ4n) is 5.11. The summed E-state index contributed by atoms with van der Waals surface area (Å²) in [6.45, 7) is 1.93. The van der Waals surface area contributed by atoms with E-state index >= 15 is 0 Å². The summed E-state index contributed by atoms with van der Waals surface area (Å²) in [6.07, 6.45) is 2.72. The van der Waals surface area contributed by atoms with Gasteiger partial charge in [0.05, 0.1) is 12.6 Å². The summed E-state index contributed by atoms with van der Waals surface area (Å²) in [5, 5.41) is 0. The van der Waals surface area contributed by atoms with Crippen LogP contribution in [0.15, 0.2) is 24.3 Å². The first kappa shape index (κ1) is 25.0. The second-order valence-electron chi connectivity index (χ2n) is 9.78. The molecule has 2 fully saturated rings. The number of hydrogen-bond acceptors (Lipinski definition) is 6. The normalized spacial score (nSPS) is 26.7. The molecular weight excluding hydrogens is 450 g/mol. The number of fused-ring (bicyclic) bond motifs is 11. The molecule has 1 aromatic rings. The molecule has 0 aliphatic carbocycles. The Labute approximate surface area is 205 Å². The molecule has 0 unspecified atom stereocenters. The molecule has 0 radical (unpaired) electrons. The van der Waals surface area contributed by atoms with Crippen molar-refractivity contribution in [1.82, 2.24) is 19.6 Å². The van der Waals surface area contributed by atoms with Crippen LogP contribution in [-0.4, -0.2) is 108 Å². The summed E-state index contributed by atoms with van der Waals surface area (Å²) < 4.78 is 5.92. The summed E-state index contributed by atoms with van der Waals surface area (Å²) in [6, 6.07) is 5.68. The predicted octanol–water partition coefficient (Wildman–Crippen LogP) is 0.309. The van der Waals surface area contributed by atoms with Gasteiger partial charge in [0.1, 0.15) is 18.4 Å². The number of rotatable bonds is 1. The highest BCUT2D eigenvalue weighted by Crippen LogP contribution is 2.22. The van der Waals surface area contributed by atoms with Crippen LogP contribution in [0.5, 0.6) is 5.75 Å². The van der Waals surface area contributed by atoms with Gasteiger partial charge >= 0.3 is 0 Å². The molecule has 35 heavy (non-hydrogen) atoms. The van der Waals surface area contributed by atoms with E-state index in [2.05, 4.69) is 0 Å². The van der Waals surface area contributed by atoms with Crippen molar-refractivity contribution in [3.05, 3.63) is 29.8 Å². The van der Waals surface area contributed by atoms with Gasteiger partial charge in [0, 0.05) is 51.8 Å². The van der Waals surface area contributed by atoms with Gasteiger partial charge in [0.2, 0.25) is 17.7 Å². The quantitative estimate of drug-likeness (QED) is 0.612. The molecule has 4 heterocycles. The summed E-state index contributed by atoms with van der Waals surface area (Å²) in [7, 11) is 3.19. The van der Waals surface area contributed by atoms with E-state index in [0.717, 1.165) is 12.8 Å². The number of hydrogen-bond donors (Lipinski definition) is 1. The van der Waals surface area contributed by atoms with Crippen LogP contribution in [0, 0.1) is 0 Å². The molecule has 10 nitrogen and oxygen atoms in total. The van der Waals surface area contributed by atoms with Crippen molar-refractivity contribution in [3.8, 4) is 5.75 Å². The largest absolute Gasteiger partial charge is 0.491 e. The third-order valence-electron chi connectivity index (χ3n) is 7.23. The van der Waals surface area contributed by atoms with Crippen molar-refractivity contribution >= 4 is 23.6 Å². The zero-order valence-electron chi connectivity index (χ0n) is 20.5. The number of carbonyl (C=O) groups excluding carboxylic acids is 4. The van der Waals surface area contributed by atoms with E-state index in [1.165, 1.54) is 9.80 Å². The molecule has 0 aromatic heterocycles. The smallest absolute Gasteiger partial charge is 0.254 e. The van der Waals surface area contributed by atoms with Crippen LogP contribution in [0.25, 0.3) is 0 Å². The first-order chi connectivity index (χ1) is 16.7. The van der Waals surface area contributed by atoms with Crippen molar-refractivity contribution in [2.75, 3.05) is 46.9 Å². The third-order valence-corrected chi connectivity index (χ3v) is 7.23. The zero-order chi connectivity index (χ0) is 25.1. The van der Waals surface area contributed by atoms with Crippen molar-refractivity contribution < 1.29 is 23.9 Å². The van der Waals surface area contributed by atoms with Crippen molar-refractivity contribution in [2.24, 2.45) is 5.73 Å². The van der Waals surface area contributed by atoms with Gasteiger partial charge in [-0.3, -0.25) is 19.2 Å². The molecule has 0 spiro atoms. The Morgan fingerprint density at radius 3 is 2.40 bits per heavy atom. The minimum Gasteiger partial charge on any atom is -0.491 e. The van der Waals surface area contributed by atoms with E-state index in [1.54, 1.807) is 48.2 Å². The molecule has 190 valence electrons. The minimum absolute atomic E-state index is 0.0522. The number of carbonyl (C=O) groups is 4. The highest BCUT2D eigenvalue weighted by atomic mass is 16.5. The lowest BCUT2D eigenvalue weighted by molar-refractivity contribution is -0.141. The Morgan fingerprint density at radius 1 is 1.03 bits per heavy atom. The maximum atomic E-state index is 13.3. The molecular formula is C25H35N5O5. The number of nitrogens with two attached hydrogens (primary N) is 1. The highest BCUT2D eigenvalue weighted by Gasteiger charge is 2.36. The lowest BCUT2D eigenvalue weighted by atomic mass is 10.1. The van der Waals surface area contributed by atoms with Gasteiger partial charge < -0.3 is 30.1 Å². The Bertz CT molecular complexity index is 961. The Hall–Kier alpha value is -3.14. The molecule has 5 rings (SSSR count). The fraction of sp³-hybridized carbons (Fsp3) is 0.600. The number of ether oxygens (including phenoxy) is 1. The first-order valence-electron chi connectivity index (χ1n) is 12.3. The molecule has 2 N–H and O–H groups in total. The van der Waals surface area contributed by atoms with E-state index in [4.69, 9.17) is 10.5 Å². The van der Waals surface area contributed by atoms with Crippen LogP contribution in [0.4, 0.5) is 0 Å². The van der Waals surface area contributed by atoms with E-state index in [9.17, 15) is 19.2 Å². The third kappa shape index (κ3) is 5.58. The van der Waals surface area contributed by atoms with Crippen molar-refractivity contribution in [2.45, 2.75) is 50.2 Å². The number of likely N-dealkylation sites (tertiary alicyclic amines) is 1. The molecule has 0 saturated carbocycles. The monoisotopic (exact) mass is 485 g/mol. The van der Waals surface area contributed by atoms with Gasteiger partial charge in [-0.15, -0.1) is 0 Å². The van der Waals surface area contributed by atoms with Crippen LogP contribution in [0.1, 0.15) is 42.5 Å². The number of likely N-dealkylation sites (N-methyl/N-ethyl adjacent to an activating group) is 2. The number of benzene rings is 1. The van der Waals surface area contributed by atoms with Gasteiger partial charge in [-0.1, -0.05) is 0 Å². The summed E-state index contributed by atoms with van der Waals surface area (Å²) in [4.78, 5) is 58.8. The van der Waals surface area contributed by atoms with E-state index < -0.39 is 6.04 Å². The standard InChI is InChI=1S/C25H35N5O5/c1-27-15-23(32)30-14-18(26)13-19(30)16-35-20-7-5-17(6-8-20)24(33)28(2)21(9-10-22(27)31)25(34)29-11-3-4-12-29/h5-8,18-19,21H,3-4,9-16,26H2,1-2H3/t18-,19+,21+/m1/s1. The van der Waals surface area contributed by atoms with Crippen LogP contribution in [0.3, 0.4) is 0 Å². The van der Waals surface area contributed by atoms with Gasteiger partial charge in [-0.2, -0.15) is 0 Å². The molecule has 1 aromatic carbocycles. The average Bonchev–Trinajstić information content (AvgIpc) is 3.51. The van der Waals surface area contributed by atoms with Crippen LogP contribution >= 0.6 is 0 Å². The Morgan fingerprint density at radius 2 is 1.71 bits per heavy atom. The minimum atomic E-state index is -0.763. The molecule has 4 aliphatic rings. The van der Waals surface area contributed by atoms with Gasteiger partial charge in [0.15, 0.2) is 0 Å².